The zero-order valence-electron chi connectivity index (χ0n) is 12.0. The van der Waals surface area contributed by atoms with Gasteiger partial charge in [-0.3, -0.25) is 0 Å². The Bertz CT molecular complexity index is 567. The third kappa shape index (κ3) is 3.42. The zero-order chi connectivity index (χ0) is 14.8. The Kier molecular flexibility index (Phi) is 5.23. The highest BCUT2D eigenvalue weighted by Gasteiger charge is 2.28. The quantitative estimate of drug-likeness (QED) is 0.827. The summed E-state index contributed by atoms with van der Waals surface area (Å²) in [5.41, 5.74) is 0.940. The van der Waals surface area contributed by atoms with E-state index in [1.807, 2.05) is 6.92 Å². The number of aryl methyl sites for hydroxylation is 1. The van der Waals surface area contributed by atoms with Gasteiger partial charge < -0.3 is 4.90 Å². The van der Waals surface area contributed by atoms with Crippen molar-refractivity contribution in [2.75, 3.05) is 32.7 Å². The van der Waals surface area contributed by atoms with Crippen molar-refractivity contribution in [1.82, 2.24) is 9.21 Å². The van der Waals surface area contributed by atoms with Gasteiger partial charge in [-0.15, -0.1) is 0 Å². The van der Waals surface area contributed by atoms with Gasteiger partial charge in [0.1, 0.15) is 0 Å². The van der Waals surface area contributed by atoms with E-state index < -0.39 is 10.0 Å². The Morgan fingerprint density at radius 1 is 1.20 bits per heavy atom. The van der Waals surface area contributed by atoms with Crippen molar-refractivity contribution in [3.8, 4) is 0 Å². The second-order valence-electron chi connectivity index (χ2n) is 5.16. The summed E-state index contributed by atoms with van der Waals surface area (Å²) >= 11 is 3.40. The summed E-state index contributed by atoms with van der Waals surface area (Å²) in [6.07, 6.45) is 1.11. The van der Waals surface area contributed by atoms with E-state index in [1.165, 1.54) is 0 Å². The van der Waals surface area contributed by atoms with Crippen molar-refractivity contribution in [3.05, 3.63) is 28.2 Å². The van der Waals surface area contributed by atoms with E-state index in [2.05, 4.69) is 27.8 Å². The Labute approximate surface area is 129 Å². The van der Waals surface area contributed by atoms with E-state index in [1.54, 1.807) is 22.5 Å². The molecule has 112 valence electrons. The molecular weight excluding hydrogens is 340 g/mol. The number of hydrogen-bond acceptors (Lipinski definition) is 3. The summed E-state index contributed by atoms with van der Waals surface area (Å²) in [5, 5.41) is 0. The van der Waals surface area contributed by atoms with E-state index in [0.29, 0.717) is 18.0 Å². The molecule has 0 radical (unpaired) electrons. The molecule has 0 amide bonds. The lowest BCUT2D eigenvalue weighted by Crippen LogP contribution is -2.48. The molecule has 1 fully saturated rings. The molecule has 1 aliphatic heterocycles. The molecule has 20 heavy (non-hydrogen) atoms. The van der Waals surface area contributed by atoms with Crippen LogP contribution in [0.15, 0.2) is 27.6 Å². The van der Waals surface area contributed by atoms with Crippen LogP contribution in [-0.4, -0.2) is 50.3 Å². The van der Waals surface area contributed by atoms with Crippen LogP contribution in [0, 0.1) is 6.92 Å². The number of hydrogen-bond donors (Lipinski definition) is 0. The van der Waals surface area contributed by atoms with Gasteiger partial charge in [0.2, 0.25) is 10.0 Å². The largest absolute Gasteiger partial charge is 0.301 e. The predicted molar refractivity (Wildman–Crippen MR) is 84.4 cm³/mol. The lowest BCUT2D eigenvalue weighted by Gasteiger charge is -2.33. The Hall–Kier alpha value is -0.430. The second-order valence-corrected chi connectivity index (χ2v) is 7.95. The van der Waals surface area contributed by atoms with E-state index in [4.69, 9.17) is 0 Å². The van der Waals surface area contributed by atoms with Gasteiger partial charge in [0.15, 0.2) is 0 Å². The van der Waals surface area contributed by atoms with Crippen LogP contribution in [0.3, 0.4) is 0 Å². The molecule has 0 saturated carbocycles. The molecule has 0 unspecified atom stereocenters. The summed E-state index contributed by atoms with van der Waals surface area (Å²) in [7, 11) is -3.35. The molecule has 0 aliphatic carbocycles. The van der Waals surface area contributed by atoms with Crippen molar-refractivity contribution in [3.63, 3.8) is 0 Å². The fraction of sp³-hybridized carbons (Fsp3) is 0.571. The van der Waals surface area contributed by atoms with Gasteiger partial charge in [-0.1, -0.05) is 22.9 Å². The minimum Gasteiger partial charge on any atom is -0.301 e. The first-order valence-corrected chi connectivity index (χ1v) is 9.17. The lowest BCUT2D eigenvalue weighted by molar-refractivity contribution is 0.188. The fourth-order valence-corrected chi connectivity index (χ4v) is 4.19. The Balaban J connectivity index is 2.13. The van der Waals surface area contributed by atoms with Crippen LogP contribution in [0.2, 0.25) is 0 Å². The molecule has 1 aromatic carbocycles. The normalized spacial score (nSPS) is 18.4. The molecule has 4 nitrogen and oxygen atoms in total. The zero-order valence-corrected chi connectivity index (χ0v) is 14.4. The van der Waals surface area contributed by atoms with Crippen LogP contribution in [0.4, 0.5) is 0 Å². The molecule has 0 atom stereocenters. The first-order valence-electron chi connectivity index (χ1n) is 6.94. The third-order valence-corrected chi connectivity index (χ3v) is 6.42. The molecule has 0 spiro atoms. The third-order valence-electron chi connectivity index (χ3n) is 3.64. The molecule has 0 bridgehead atoms. The van der Waals surface area contributed by atoms with Crippen LogP contribution in [0.25, 0.3) is 0 Å². The van der Waals surface area contributed by atoms with Gasteiger partial charge in [-0.25, -0.2) is 8.42 Å². The highest BCUT2D eigenvalue weighted by Crippen LogP contribution is 2.23. The predicted octanol–water partition coefficient (Wildman–Crippen LogP) is 2.47. The van der Waals surface area contributed by atoms with Gasteiger partial charge in [0.05, 0.1) is 4.90 Å². The molecule has 2 rings (SSSR count). The number of rotatable bonds is 4. The maximum atomic E-state index is 12.6. The number of sulfonamides is 1. The van der Waals surface area contributed by atoms with E-state index in [9.17, 15) is 8.42 Å². The fourth-order valence-electron chi connectivity index (χ4n) is 2.44. The van der Waals surface area contributed by atoms with Crippen LogP contribution in [0.5, 0.6) is 0 Å². The molecule has 6 heteroatoms. The van der Waals surface area contributed by atoms with Crippen molar-refractivity contribution >= 4 is 26.0 Å². The lowest BCUT2D eigenvalue weighted by atomic mass is 10.2. The maximum absolute atomic E-state index is 12.6. The molecule has 1 saturated heterocycles. The SMILES string of the molecule is CCCN1CCN(S(=O)(=O)c2ccc(Br)c(C)c2)CC1. The monoisotopic (exact) mass is 360 g/mol. The Morgan fingerprint density at radius 3 is 2.40 bits per heavy atom. The summed E-state index contributed by atoms with van der Waals surface area (Å²) in [6.45, 7) is 7.90. The van der Waals surface area contributed by atoms with E-state index in [0.717, 1.165) is 36.1 Å². The van der Waals surface area contributed by atoms with Crippen LogP contribution >= 0.6 is 15.9 Å². The number of piperazine rings is 1. The Morgan fingerprint density at radius 2 is 1.85 bits per heavy atom. The number of halogens is 1. The molecule has 1 heterocycles. The first kappa shape index (κ1) is 15.9. The summed E-state index contributed by atoms with van der Waals surface area (Å²) in [4.78, 5) is 2.71. The van der Waals surface area contributed by atoms with Crippen LogP contribution < -0.4 is 0 Å². The second kappa shape index (κ2) is 6.56. The van der Waals surface area contributed by atoms with E-state index >= 15 is 0 Å². The summed E-state index contributed by atoms with van der Waals surface area (Å²) in [5.74, 6) is 0. The van der Waals surface area contributed by atoms with Crippen LogP contribution in [-0.2, 0) is 10.0 Å². The number of benzene rings is 1. The first-order chi connectivity index (χ1) is 9.45. The average Bonchev–Trinajstić information content (AvgIpc) is 2.43. The average molecular weight is 361 g/mol. The number of nitrogens with zero attached hydrogens (tertiary/aromatic N) is 2. The van der Waals surface area contributed by atoms with Gasteiger partial charge in [0, 0.05) is 30.7 Å². The van der Waals surface area contributed by atoms with Gasteiger partial charge in [-0.2, -0.15) is 4.31 Å². The topological polar surface area (TPSA) is 40.6 Å². The summed E-state index contributed by atoms with van der Waals surface area (Å²) < 4.78 is 27.7. The minimum atomic E-state index is -3.35. The van der Waals surface area contributed by atoms with Crippen molar-refractivity contribution in [2.24, 2.45) is 0 Å². The van der Waals surface area contributed by atoms with Crippen molar-refractivity contribution < 1.29 is 8.42 Å². The molecule has 0 aromatic heterocycles. The van der Waals surface area contributed by atoms with Gasteiger partial charge in [0.25, 0.3) is 0 Å². The van der Waals surface area contributed by atoms with Gasteiger partial charge in [-0.05, 0) is 43.7 Å². The standard InChI is InChI=1S/C14H21BrN2O2S/c1-3-6-16-7-9-17(10-8-16)20(18,19)13-4-5-14(15)12(2)11-13/h4-5,11H,3,6-10H2,1-2H3. The summed E-state index contributed by atoms with van der Waals surface area (Å²) in [6, 6.07) is 5.21. The maximum Gasteiger partial charge on any atom is 0.243 e. The smallest absolute Gasteiger partial charge is 0.243 e. The molecule has 1 aromatic rings. The highest BCUT2D eigenvalue weighted by atomic mass is 79.9. The molecule has 0 N–H and O–H groups in total. The molecular formula is C14H21BrN2O2S. The van der Waals surface area contributed by atoms with E-state index in [-0.39, 0.29) is 0 Å². The van der Waals surface area contributed by atoms with Crippen molar-refractivity contribution in [2.45, 2.75) is 25.2 Å². The van der Waals surface area contributed by atoms with Gasteiger partial charge >= 0.3 is 0 Å². The highest BCUT2D eigenvalue weighted by molar-refractivity contribution is 9.10. The minimum absolute atomic E-state index is 0.391. The molecule has 1 aliphatic rings. The van der Waals surface area contributed by atoms with Crippen LogP contribution in [0.1, 0.15) is 18.9 Å². The van der Waals surface area contributed by atoms with Crippen molar-refractivity contribution in [1.29, 1.82) is 0 Å².